The first kappa shape index (κ1) is 19.6. The summed E-state index contributed by atoms with van der Waals surface area (Å²) in [6, 6.07) is 5.31. The molecule has 1 saturated carbocycles. The summed E-state index contributed by atoms with van der Waals surface area (Å²) in [5.41, 5.74) is 0.406. The normalized spacial score (nSPS) is 14.8. The van der Waals surface area contributed by atoms with E-state index >= 15 is 0 Å². The van der Waals surface area contributed by atoms with Gasteiger partial charge < -0.3 is 24.3 Å². The van der Waals surface area contributed by atoms with Crippen LogP contribution in [-0.4, -0.2) is 54.9 Å². The molecule has 1 aliphatic carbocycles. The maximum atomic E-state index is 11.5. The van der Waals surface area contributed by atoms with Crippen LogP contribution < -0.4 is 30.7 Å². The van der Waals surface area contributed by atoms with Gasteiger partial charge in [0.1, 0.15) is 22.9 Å². The average molecular weight is 437 g/mol. The molecule has 3 heterocycles. The Bertz CT molecular complexity index is 1460. The largest absolute Gasteiger partial charge is 0.496 e. The van der Waals surface area contributed by atoms with Gasteiger partial charge in [-0.25, -0.2) is 9.79 Å². The number of H-pyrrole nitrogens is 2. The van der Waals surface area contributed by atoms with E-state index in [1.165, 1.54) is 4.52 Å². The number of nitrogens with one attached hydrogen (secondary N) is 2. The lowest BCUT2D eigenvalue weighted by atomic mass is 10.3. The van der Waals surface area contributed by atoms with Gasteiger partial charge in [0.25, 0.3) is 5.62 Å². The van der Waals surface area contributed by atoms with E-state index in [9.17, 15) is 9.90 Å². The number of hydrogen-bond acceptors (Lipinski definition) is 9. The van der Waals surface area contributed by atoms with Crippen molar-refractivity contribution in [3.05, 3.63) is 51.4 Å². The Morgan fingerprint density at radius 2 is 1.84 bits per heavy atom. The Labute approximate surface area is 179 Å². The molecule has 0 atom stereocenters. The molecular weight excluding hydrogens is 418 g/mol. The van der Waals surface area contributed by atoms with Gasteiger partial charge in [-0.3, -0.25) is 4.98 Å². The van der Waals surface area contributed by atoms with Crippen molar-refractivity contribution in [1.82, 2.24) is 29.5 Å². The molecule has 0 bridgehead atoms. The zero-order valence-corrected chi connectivity index (χ0v) is 17.2. The smallest absolute Gasteiger partial charge is 0.327 e. The SMILES string of the molecule is COc1cc(OC)cc(Oc2nc(=NC3CC3)n3ncc(=Cc4[nH]c(=O)[nH]c4O)c3n2)c1. The summed E-state index contributed by atoms with van der Waals surface area (Å²) in [7, 11) is 3.09. The molecule has 3 N–H and O–H groups in total. The van der Waals surface area contributed by atoms with E-state index in [2.05, 4.69) is 30.0 Å². The van der Waals surface area contributed by atoms with Crippen LogP contribution in [0.3, 0.4) is 0 Å². The third-order valence-electron chi connectivity index (χ3n) is 4.77. The van der Waals surface area contributed by atoms with E-state index in [1.54, 1.807) is 44.7 Å². The van der Waals surface area contributed by atoms with Crippen molar-refractivity contribution in [1.29, 1.82) is 0 Å². The summed E-state index contributed by atoms with van der Waals surface area (Å²) in [6.07, 6.45) is 5.04. The van der Waals surface area contributed by atoms with Crippen molar-refractivity contribution in [2.24, 2.45) is 4.99 Å². The van der Waals surface area contributed by atoms with Crippen molar-refractivity contribution >= 4 is 11.7 Å². The Morgan fingerprint density at radius 1 is 1.12 bits per heavy atom. The minimum absolute atomic E-state index is 0.0501. The van der Waals surface area contributed by atoms with E-state index in [4.69, 9.17) is 14.2 Å². The number of rotatable bonds is 6. The highest BCUT2D eigenvalue weighted by Gasteiger charge is 2.21. The summed E-state index contributed by atoms with van der Waals surface area (Å²) in [6.45, 7) is 0. The van der Waals surface area contributed by atoms with Gasteiger partial charge in [-0.05, 0) is 18.9 Å². The molecule has 4 aromatic rings. The number of aromatic amines is 2. The van der Waals surface area contributed by atoms with Crippen LogP contribution in [0.1, 0.15) is 18.5 Å². The summed E-state index contributed by atoms with van der Waals surface area (Å²) in [4.78, 5) is 29.7. The van der Waals surface area contributed by atoms with Crippen molar-refractivity contribution < 1.29 is 19.3 Å². The number of fused-ring (bicyclic) bond motifs is 1. The molecule has 1 fully saturated rings. The molecule has 5 rings (SSSR count). The third-order valence-corrected chi connectivity index (χ3v) is 4.77. The fraction of sp³-hybridized carbons (Fsp3) is 0.250. The second-order valence-corrected chi connectivity index (χ2v) is 7.14. The van der Waals surface area contributed by atoms with E-state index < -0.39 is 5.69 Å². The van der Waals surface area contributed by atoms with E-state index in [0.717, 1.165) is 12.8 Å². The van der Waals surface area contributed by atoms with Gasteiger partial charge in [-0.15, -0.1) is 0 Å². The number of methoxy groups -OCH3 is 2. The predicted octanol–water partition coefficient (Wildman–Crippen LogP) is 0.267. The van der Waals surface area contributed by atoms with Gasteiger partial charge in [0, 0.05) is 23.4 Å². The second kappa shape index (κ2) is 7.72. The summed E-state index contributed by atoms with van der Waals surface area (Å²) >= 11 is 0. The van der Waals surface area contributed by atoms with Gasteiger partial charge >= 0.3 is 11.7 Å². The maximum Gasteiger partial charge on any atom is 0.327 e. The number of benzene rings is 1. The molecule has 1 aliphatic rings. The minimum atomic E-state index is -0.528. The van der Waals surface area contributed by atoms with Crippen LogP contribution in [0.15, 0.2) is 34.2 Å². The number of aromatic nitrogens is 6. The fourth-order valence-electron chi connectivity index (χ4n) is 3.05. The van der Waals surface area contributed by atoms with Gasteiger partial charge in [-0.2, -0.15) is 19.6 Å². The van der Waals surface area contributed by atoms with E-state index in [-0.39, 0.29) is 23.6 Å². The molecule has 1 aromatic carbocycles. The lowest BCUT2D eigenvalue weighted by Gasteiger charge is -2.09. The molecule has 32 heavy (non-hydrogen) atoms. The summed E-state index contributed by atoms with van der Waals surface area (Å²) in [5, 5.41) is 14.7. The molecule has 0 spiro atoms. The molecule has 0 saturated heterocycles. The molecule has 12 heteroatoms. The first-order valence-corrected chi connectivity index (χ1v) is 9.76. The van der Waals surface area contributed by atoms with Crippen LogP contribution >= 0.6 is 0 Å². The molecule has 12 nitrogen and oxygen atoms in total. The first-order chi connectivity index (χ1) is 15.5. The lowest BCUT2D eigenvalue weighted by Crippen LogP contribution is -2.23. The zero-order valence-electron chi connectivity index (χ0n) is 17.2. The number of nitrogens with zero attached hydrogens (tertiary/aromatic N) is 5. The molecule has 0 amide bonds. The fourth-order valence-corrected chi connectivity index (χ4v) is 3.05. The van der Waals surface area contributed by atoms with Gasteiger partial charge in [0.2, 0.25) is 5.88 Å². The van der Waals surface area contributed by atoms with Crippen LogP contribution in [0.4, 0.5) is 0 Å². The van der Waals surface area contributed by atoms with Gasteiger partial charge in [-0.1, -0.05) is 0 Å². The van der Waals surface area contributed by atoms with Crippen LogP contribution in [0.25, 0.3) is 11.7 Å². The second-order valence-electron chi connectivity index (χ2n) is 7.14. The van der Waals surface area contributed by atoms with Crippen LogP contribution in [0.2, 0.25) is 0 Å². The van der Waals surface area contributed by atoms with Crippen molar-refractivity contribution in [2.75, 3.05) is 14.2 Å². The number of ether oxygens (including phenoxy) is 3. The highest BCUT2D eigenvalue weighted by Crippen LogP contribution is 2.29. The van der Waals surface area contributed by atoms with Crippen LogP contribution in [0, 0.1) is 0 Å². The third kappa shape index (κ3) is 3.85. The number of hydrogen-bond donors (Lipinski definition) is 3. The number of aromatic hydroxyl groups is 1. The quantitative estimate of drug-likeness (QED) is 0.389. The molecule has 164 valence electrons. The highest BCUT2D eigenvalue weighted by molar-refractivity contribution is 5.56. The molecular formula is C20H19N7O5. The standard InChI is InChI=1S/C20H19N7O5/c1-30-12-6-13(31-2)8-14(7-12)32-20-24-16-10(5-15-17(28)25-19(29)23-15)9-21-27(16)18(26-20)22-11-3-4-11/h5-9,11,28H,3-4H2,1-2H3,(H2,23,25,29). The zero-order chi connectivity index (χ0) is 22.2. The highest BCUT2D eigenvalue weighted by atomic mass is 16.5. The monoisotopic (exact) mass is 437 g/mol. The Balaban J connectivity index is 1.65. The Hall–Kier alpha value is -4.35. The maximum absolute atomic E-state index is 11.5. The first-order valence-electron chi connectivity index (χ1n) is 9.76. The summed E-state index contributed by atoms with van der Waals surface area (Å²) in [5.74, 6) is 1.23. The van der Waals surface area contributed by atoms with Crippen molar-refractivity contribution in [3.63, 3.8) is 0 Å². The van der Waals surface area contributed by atoms with Crippen molar-refractivity contribution in [2.45, 2.75) is 18.9 Å². The Kier molecular flexibility index (Phi) is 4.73. The molecule has 0 aliphatic heterocycles. The predicted molar refractivity (Wildman–Crippen MR) is 111 cm³/mol. The van der Waals surface area contributed by atoms with Gasteiger partial charge in [0.05, 0.1) is 26.5 Å². The van der Waals surface area contributed by atoms with Crippen LogP contribution in [-0.2, 0) is 0 Å². The molecule has 0 radical (unpaired) electrons. The lowest BCUT2D eigenvalue weighted by molar-refractivity contribution is 0.381. The molecule has 3 aromatic heterocycles. The van der Waals surface area contributed by atoms with Crippen molar-refractivity contribution in [3.8, 4) is 29.1 Å². The van der Waals surface area contributed by atoms with E-state index in [0.29, 0.717) is 33.7 Å². The Morgan fingerprint density at radius 3 is 2.47 bits per heavy atom. The topological polar surface area (TPSA) is 152 Å². The minimum Gasteiger partial charge on any atom is -0.496 e. The van der Waals surface area contributed by atoms with Crippen LogP contribution in [0.5, 0.6) is 29.1 Å². The molecule has 0 unspecified atom stereocenters. The van der Waals surface area contributed by atoms with Gasteiger partial charge in [0.15, 0.2) is 5.65 Å². The summed E-state index contributed by atoms with van der Waals surface area (Å²) < 4.78 is 18.0. The average Bonchev–Trinajstić information content (AvgIpc) is 3.42. The van der Waals surface area contributed by atoms with E-state index in [1.807, 2.05) is 0 Å². The number of imidazole rings is 1.